The van der Waals surface area contributed by atoms with Crippen LogP contribution in [0.25, 0.3) is 0 Å². The molecule has 0 spiro atoms. The number of hydrogen-bond acceptors (Lipinski definition) is 3. The van der Waals surface area contributed by atoms with E-state index in [2.05, 4.69) is 38.5 Å². The van der Waals surface area contributed by atoms with Gasteiger partial charge in [-0.15, -0.1) is 0 Å². The molecule has 0 saturated carbocycles. The molecule has 116 valence electrons. The number of benzene rings is 1. The van der Waals surface area contributed by atoms with Crippen LogP contribution in [0.5, 0.6) is 0 Å². The number of hydrogen-bond donors (Lipinski definition) is 2. The van der Waals surface area contributed by atoms with Gasteiger partial charge in [0.25, 0.3) is 5.91 Å². The van der Waals surface area contributed by atoms with Crippen molar-refractivity contribution in [1.82, 2.24) is 4.98 Å². The van der Waals surface area contributed by atoms with Gasteiger partial charge in [0, 0.05) is 16.6 Å². The van der Waals surface area contributed by atoms with Crippen LogP contribution in [0.1, 0.15) is 36.5 Å². The first kappa shape index (κ1) is 16.5. The van der Waals surface area contributed by atoms with E-state index in [0.29, 0.717) is 11.3 Å². The summed E-state index contributed by atoms with van der Waals surface area (Å²) in [7, 11) is 0. The zero-order valence-corrected chi connectivity index (χ0v) is 14.2. The molecule has 2 aromatic rings. The molecule has 5 heteroatoms. The molecule has 2 N–H and O–H groups in total. The van der Waals surface area contributed by atoms with Crippen molar-refractivity contribution in [3.05, 3.63) is 52.6 Å². The zero-order chi connectivity index (χ0) is 15.8. The molecule has 0 saturated heterocycles. The number of anilines is 2. The summed E-state index contributed by atoms with van der Waals surface area (Å²) in [5.41, 5.74) is 1.30. The molecule has 0 fully saturated rings. The maximum absolute atomic E-state index is 12.1. The Balaban J connectivity index is 1.88. The maximum Gasteiger partial charge on any atom is 0.255 e. The normalized spacial score (nSPS) is 10.3. The standard InChI is InChI=1S/C17H20BrN3O/c1-2-3-4-11-19-16-10-9-15(12-20-16)21-17(22)13-5-7-14(18)8-6-13/h5-10,12H,2-4,11H2,1H3,(H,19,20)(H,21,22). The highest BCUT2D eigenvalue weighted by atomic mass is 79.9. The Bertz CT molecular complexity index is 596. The average Bonchev–Trinajstić information content (AvgIpc) is 2.54. The Hall–Kier alpha value is -1.88. The minimum atomic E-state index is -0.141. The summed E-state index contributed by atoms with van der Waals surface area (Å²) >= 11 is 3.35. The van der Waals surface area contributed by atoms with Crippen LogP contribution in [0.3, 0.4) is 0 Å². The number of pyridine rings is 1. The van der Waals surface area contributed by atoms with Gasteiger partial charge >= 0.3 is 0 Å². The first-order chi connectivity index (χ1) is 10.7. The molecule has 0 aliphatic carbocycles. The fourth-order valence-corrected chi connectivity index (χ4v) is 2.23. The van der Waals surface area contributed by atoms with E-state index >= 15 is 0 Å². The molecule has 0 bridgehead atoms. The molecule has 1 aromatic carbocycles. The number of carbonyl (C=O) groups is 1. The van der Waals surface area contributed by atoms with Crippen molar-refractivity contribution in [2.75, 3.05) is 17.2 Å². The molecule has 1 amide bonds. The zero-order valence-electron chi connectivity index (χ0n) is 12.6. The van der Waals surface area contributed by atoms with Gasteiger partial charge in [-0.2, -0.15) is 0 Å². The third-order valence-electron chi connectivity index (χ3n) is 3.21. The summed E-state index contributed by atoms with van der Waals surface area (Å²) in [6, 6.07) is 11.0. The van der Waals surface area contributed by atoms with Crippen molar-refractivity contribution < 1.29 is 4.79 Å². The molecule has 0 aliphatic heterocycles. The lowest BCUT2D eigenvalue weighted by Gasteiger charge is -2.08. The number of unbranched alkanes of at least 4 members (excludes halogenated alkanes) is 2. The van der Waals surface area contributed by atoms with Crippen LogP contribution in [0.4, 0.5) is 11.5 Å². The molecule has 0 atom stereocenters. The van der Waals surface area contributed by atoms with Crippen LogP contribution < -0.4 is 10.6 Å². The van der Waals surface area contributed by atoms with E-state index in [9.17, 15) is 4.79 Å². The second-order valence-corrected chi connectivity index (χ2v) is 5.94. The molecule has 4 nitrogen and oxygen atoms in total. The number of rotatable bonds is 7. The minimum absolute atomic E-state index is 0.141. The summed E-state index contributed by atoms with van der Waals surface area (Å²) in [6.45, 7) is 3.10. The lowest BCUT2D eigenvalue weighted by Crippen LogP contribution is -2.12. The van der Waals surface area contributed by atoms with Gasteiger partial charge < -0.3 is 10.6 Å². The molecule has 22 heavy (non-hydrogen) atoms. The minimum Gasteiger partial charge on any atom is -0.370 e. The first-order valence-corrected chi connectivity index (χ1v) is 8.25. The largest absolute Gasteiger partial charge is 0.370 e. The van der Waals surface area contributed by atoms with Gasteiger partial charge in [-0.3, -0.25) is 4.79 Å². The average molecular weight is 362 g/mol. The highest BCUT2D eigenvalue weighted by Gasteiger charge is 2.06. The lowest BCUT2D eigenvalue weighted by molar-refractivity contribution is 0.102. The van der Waals surface area contributed by atoms with Gasteiger partial charge in [0.2, 0.25) is 0 Å². The van der Waals surface area contributed by atoms with Crippen molar-refractivity contribution in [2.45, 2.75) is 26.2 Å². The highest BCUT2D eigenvalue weighted by Crippen LogP contribution is 2.14. The van der Waals surface area contributed by atoms with E-state index < -0.39 is 0 Å². The van der Waals surface area contributed by atoms with Crippen molar-refractivity contribution >= 4 is 33.3 Å². The second kappa shape index (κ2) is 8.54. The van der Waals surface area contributed by atoms with Crippen LogP contribution in [-0.2, 0) is 0 Å². The van der Waals surface area contributed by atoms with Gasteiger partial charge in [0.1, 0.15) is 5.82 Å². The SMILES string of the molecule is CCCCCNc1ccc(NC(=O)c2ccc(Br)cc2)cn1. The number of nitrogens with one attached hydrogen (secondary N) is 2. The van der Waals surface area contributed by atoms with E-state index in [-0.39, 0.29) is 5.91 Å². The van der Waals surface area contributed by atoms with Crippen molar-refractivity contribution in [2.24, 2.45) is 0 Å². The molecular weight excluding hydrogens is 342 g/mol. The Morgan fingerprint density at radius 1 is 1.14 bits per heavy atom. The van der Waals surface area contributed by atoms with Crippen molar-refractivity contribution in [3.8, 4) is 0 Å². The van der Waals surface area contributed by atoms with E-state index in [4.69, 9.17) is 0 Å². The predicted octanol–water partition coefficient (Wildman–Crippen LogP) is 4.70. The molecule has 1 aromatic heterocycles. The molecule has 0 unspecified atom stereocenters. The van der Waals surface area contributed by atoms with Crippen LogP contribution >= 0.6 is 15.9 Å². The Morgan fingerprint density at radius 2 is 1.91 bits per heavy atom. The number of amides is 1. The van der Waals surface area contributed by atoms with Crippen LogP contribution in [0, 0.1) is 0 Å². The Labute approximate surface area is 139 Å². The third kappa shape index (κ3) is 5.15. The van der Waals surface area contributed by atoms with Crippen LogP contribution in [0.2, 0.25) is 0 Å². The van der Waals surface area contributed by atoms with E-state index in [1.807, 2.05) is 24.3 Å². The van der Waals surface area contributed by atoms with Crippen LogP contribution in [0.15, 0.2) is 47.1 Å². The summed E-state index contributed by atoms with van der Waals surface area (Å²) in [5, 5.41) is 6.11. The third-order valence-corrected chi connectivity index (χ3v) is 3.74. The summed E-state index contributed by atoms with van der Waals surface area (Å²) < 4.78 is 0.948. The molecule has 2 rings (SSSR count). The topological polar surface area (TPSA) is 54.0 Å². The Morgan fingerprint density at radius 3 is 2.55 bits per heavy atom. The summed E-state index contributed by atoms with van der Waals surface area (Å²) in [4.78, 5) is 16.4. The Kier molecular flexibility index (Phi) is 6.40. The van der Waals surface area contributed by atoms with Gasteiger partial charge in [-0.1, -0.05) is 35.7 Å². The second-order valence-electron chi connectivity index (χ2n) is 5.03. The number of carbonyl (C=O) groups excluding carboxylic acids is 1. The highest BCUT2D eigenvalue weighted by molar-refractivity contribution is 9.10. The van der Waals surface area contributed by atoms with Crippen LogP contribution in [-0.4, -0.2) is 17.4 Å². The van der Waals surface area contributed by atoms with Crippen molar-refractivity contribution in [1.29, 1.82) is 0 Å². The van der Waals surface area contributed by atoms with E-state index in [1.54, 1.807) is 18.3 Å². The number of aromatic nitrogens is 1. The summed E-state index contributed by atoms with van der Waals surface area (Å²) in [5.74, 6) is 0.690. The maximum atomic E-state index is 12.1. The van der Waals surface area contributed by atoms with Gasteiger partial charge in [-0.25, -0.2) is 4.98 Å². The lowest BCUT2D eigenvalue weighted by atomic mass is 10.2. The molecule has 1 heterocycles. The van der Waals surface area contributed by atoms with Gasteiger partial charge in [0.15, 0.2) is 0 Å². The van der Waals surface area contributed by atoms with Gasteiger partial charge in [0.05, 0.1) is 11.9 Å². The molecule has 0 radical (unpaired) electrons. The van der Waals surface area contributed by atoms with Gasteiger partial charge in [-0.05, 0) is 42.8 Å². The predicted molar refractivity (Wildman–Crippen MR) is 94.3 cm³/mol. The fourth-order valence-electron chi connectivity index (χ4n) is 1.97. The summed E-state index contributed by atoms with van der Waals surface area (Å²) in [6.07, 6.45) is 5.23. The molecular formula is C17H20BrN3O. The fraction of sp³-hybridized carbons (Fsp3) is 0.294. The molecule has 0 aliphatic rings. The number of halogens is 1. The quantitative estimate of drug-likeness (QED) is 0.702. The number of nitrogens with zero attached hydrogens (tertiary/aromatic N) is 1. The van der Waals surface area contributed by atoms with E-state index in [0.717, 1.165) is 23.3 Å². The first-order valence-electron chi connectivity index (χ1n) is 7.46. The smallest absolute Gasteiger partial charge is 0.255 e. The van der Waals surface area contributed by atoms with E-state index in [1.165, 1.54) is 12.8 Å². The monoisotopic (exact) mass is 361 g/mol. The van der Waals surface area contributed by atoms with Crippen molar-refractivity contribution in [3.63, 3.8) is 0 Å².